The van der Waals surface area contributed by atoms with Gasteiger partial charge in [0.05, 0.1) is 17.6 Å². The van der Waals surface area contributed by atoms with Crippen LogP contribution in [-0.2, 0) is 18.3 Å². The van der Waals surface area contributed by atoms with Crippen LogP contribution in [0.15, 0.2) is 30.6 Å². The van der Waals surface area contributed by atoms with Crippen molar-refractivity contribution in [3.05, 3.63) is 47.8 Å². The highest BCUT2D eigenvalue weighted by atomic mass is 16.2. The number of nitrogens with one attached hydrogen (secondary N) is 1. The van der Waals surface area contributed by atoms with E-state index in [4.69, 9.17) is 0 Å². The average Bonchev–Trinajstić information content (AvgIpc) is 3.28. The maximum Gasteiger partial charge on any atom is 0.238 e. The Morgan fingerprint density at radius 1 is 1.16 bits per heavy atom. The Balaban J connectivity index is 1.20. The molecular formula is C25H32N6O. The molecule has 3 heterocycles. The van der Waals surface area contributed by atoms with Gasteiger partial charge in [0.2, 0.25) is 5.91 Å². The maximum absolute atomic E-state index is 12.8. The summed E-state index contributed by atoms with van der Waals surface area (Å²) in [6.45, 7) is 6.49. The third-order valence-corrected chi connectivity index (χ3v) is 7.41. The van der Waals surface area contributed by atoms with Crippen molar-refractivity contribution in [1.82, 2.24) is 24.4 Å². The number of aromatic nitrogens is 4. The molecule has 1 amide bonds. The van der Waals surface area contributed by atoms with Crippen LogP contribution in [0.25, 0.3) is 11.0 Å². The zero-order valence-corrected chi connectivity index (χ0v) is 19.2. The number of fused-ring (bicyclic) bond motifs is 2. The molecule has 0 radical (unpaired) electrons. The lowest BCUT2D eigenvalue weighted by atomic mass is 9.72. The van der Waals surface area contributed by atoms with E-state index in [1.807, 2.05) is 39.1 Å². The summed E-state index contributed by atoms with van der Waals surface area (Å²) in [6.07, 6.45) is 6.51. The number of aryl methyl sites for hydroxylation is 3. The summed E-state index contributed by atoms with van der Waals surface area (Å²) in [7, 11) is 2.01. The second-order valence-corrected chi connectivity index (χ2v) is 9.63. The first-order valence-corrected chi connectivity index (χ1v) is 11.7. The van der Waals surface area contributed by atoms with Crippen LogP contribution in [0.2, 0.25) is 0 Å². The fourth-order valence-corrected chi connectivity index (χ4v) is 5.76. The molecule has 168 valence electrons. The predicted octanol–water partition coefficient (Wildman–Crippen LogP) is 3.51. The molecule has 0 bridgehead atoms. The van der Waals surface area contributed by atoms with Crippen molar-refractivity contribution >= 4 is 22.6 Å². The molecule has 5 rings (SSSR count). The van der Waals surface area contributed by atoms with Crippen molar-refractivity contribution < 1.29 is 4.79 Å². The summed E-state index contributed by atoms with van der Waals surface area (Å²) in [4.78, 5) is 28.4. The molecule has 1 saturated carbocycles. The van der Waals surface area contributed by atoms with Gasteiger partial charge in [-0.2, -0.15) is 0 Å². The zero-order chi connectivity index (χ0) is 22.2. The Labute approximate surface area is 189 Å². The molecule has 1 aromatic carbocycles. The number of amides is 1. The fraction of sp³-hybridized carbons (Fsp3) is 0.520. The van der Waals surface area contributed by atoms with Crippen molar-refractivity contribution in [1.29, 1.82) is 0 Å². The number of anilines is 1. The fourth-order valence-electron chi connectivity index (χ4n) is 5.76. The van der Waals surface area contributed by atoms with Gasteiger partial charge in [-0.25, -0.2) is 15.0 Å². The minimum Gasteiger partial charge on any atom is -0.331 e. The van der Waals surface area contributed by atoms with Gasteiger partial charge in [0.15, 0.2) is 0 Å². The third kappa shape index (κ3) is 4.26. The van der Waals surface area contributed by atoms with E-state index in [1.165, 1.54) is 19.3 Å². The van der Waals surface area contributed by atoms with E-state index in [0.29, 0.717) is 24.3 Å². The molecular weight excluding hydrogens is 400 g/mol. The minimum absolute atomic E-state index is 0.0543. The first kappa shape index (κ1) is 21.1. The lowest BCUT2D eigenvalue weighted by Gasteiger charge is -2.33. The van der Waals surface area contributed by atoms with Gasteiger partial charge in [-0.05, 0) is 75.1 Å². The smallest absolute Gasteiger partial charge is 0.238 e. The summed E-state index contributed by atoms with van der Waals surface area (Å²) in [5.41, 5.74) is 4.99. The summed E-state index contributed by atoms with van der Waals surface area (Å²) in [5, 5.41) is 3.08. The van der Waals surface area contributed by atoms with E-state index in [2.05, 4.69) is 35.8 Å². The molecule has 0 unspecified atom stereocenters. The van der Waals surface area contributed by atoms with E-state index in [0.717, 1.165) is 53.4 Å². The first-order chi connectivity index (χ1) is 15.5. The van der Waals surface area contributed by atoms with E-state index < -0.39 is 0 Å². The largest absolute Gasteiger partial charge is 0.331 e. The van der Waals surface area contributed by atoms with Crippen LogP contribution >= 0.6 is 0 Å². The Kier molecular flexibility index (Phi) is 5.67. The van der Waals surface area contributed by atoms with Gasteiger partial charge >= 0.3 is 0 Å². The number of nitrogens with zero attached hydrogens (tertiary/aromatic N) is 5. The monoisotopic (exact) mass is 432 g/mol. The van der Waals surface area contributed by atoms with Gasteiger partial charge in [-0.15, -0.1) is 0 Å². The highest BCUT2D eigenvalue weighted by Gasteiger charge is 2.40. The quantitative estimate of drug-likeness (QED) is 0.668. The summed E-state index contributed by atoms with van der Waals surface area (Å²) < 4.78 is 2.06. The number of benzene rings is 1. The lowest BCUT2D eigenvalue weighted by molar-refractivity contribution is -0.117. The molecule has 2 fully saturated rings. The molecule has 7 nitrogen and oxygen atoms in total. The molecule has 2 aromatic heterocycles. The highest BCUT2D eigenvalue weighted by Crippen LogP contribution is 2.41. The second kappa shape index (κ2) is 8.62. The van der Waals surface area contributed by atoms with Crippen molar-refractivity contribution in [3.63, 3.8) is 0 Å². The van der Waals surface area contributed by atoms with Crippen LogP contribution in [0.3, 0.4) is 0 Å². The number of imidazole rings is 1. The average molecular weight is 433 g/mol. The standard InChI is InChI=1S/C25H32N6O/c1-16-9-21(27-15-26-16)10-18-5-4-6-19-12-31(13-22(18)19)14-25(32)29-20-7-8-24-23(11-20)28-17(2)30(24)3/h7-9,11,15,18-19,22H,4-6,10,12-14H2,1-3H3,(H,29,32)/t18-,19-,22-/m1/s1. The van der Waals surface area contributed by atoms with Crippen LogP contribution in [0, 0.1) is 31.6 Å². The number of carbonyl (C=O) groups is 1. The second-order valence-electron chi connectivity index (χ2n) is 9.63. The van der Waals surface area contributed by atoms with Crippen molar-refractivity contribution in [3.8, 4) is 0 Å². The Morgan fingerprint density at radius 2 is 2.03 bits per heavy atom. The molecule has 32 heavy (non-hydrogen) atoms. The molecule has 0 spiro atoms. The summed E-state index contributed by atoms with van der Waals surface area (Å²) in [6, 6.07) is 8.06. The van der Waals surface area contributed by atoms with Gasteiger partial charge in [0.25, 0.3) is 0 Å². The Hall–Kier alpha value is -2.80. The molecule has 7 heteroatoms. The molecule has 1 aliphatic heterocycles. The van der Waals surface area contributed by atoms with Crippen LogP contribution in [-0.4, -0.2) is 50.0 Å². The first-order valence-electron chi connectivity index (χ1n) is 11.7. The highest BCUT2D eigenvalue weighted by molar-refractivity contribution is 5.94. The zero-order valence-electron chi connectivity index (χ0n) is 19.2. The van der Waals surface area contributed by atoms with Gasteiger partial charge in [-0.1, -0.05) is 6.42 Å². The molecule has 3 atom stereocenters. The van der Waals surface area contributed by atoms with Crippen molar-refractivity contribution in [2.45, 2.75) is 39.5 Å². The van der Waals surface area contributed by atoms with E-state index >= 15 is 0 Å². The van der Waals surface area contributed by atoms with Gasteiger partial charge in [0.1, 0.15) is 12.2 Å². The number of rotatable bonds is 5. The SMILES string of the molecule is Cc1cc(C[C@H]2CCC[C@@H]3CN(CC(=O)Nc4ccc5c(c4)nc(C)n5C)C[C@H]23)ncn1. The molecule has 1 aliphatic carbocycles. The molecule has 1 N–H and O–H groups in total. The van der Waals surface area contributed by atoms with Gasteiger partial charge < -0.3 is 9.88 Å². The van der Waals surface area contributed by atoms with E-state index in [9.17, 15) is 4.79 Å². The third-order valence-electron chi connectivity index (χ3n) is 7.41. The van der Waals surface area contributed by atoms with Crippen LogP contribution in [0.1, 0.15) is 36.5 Å². The topological polar surface area (TPSA) is 75.9 Å². The Morgan fingerprint density at radius 3 is 2.88 bits per heavy atom. The van der Waals surface area contributed by atoms with Crippen LogP contribution < -0.4 is 5.32 Å². The predicted molar refractivity (Wildman–Crippen MR) is 125 cm³/mol. The molecule has 1 saturated heterocycles. The number of likely N-dealkylation sites (tertiary alicyclic amines) is 1. The summed E-state index contributed by atoms with van der Waals surface area (Å²) >= 11 is 0. The van der Waals surface area contributed by atoms with Crippen LogP contribution in [0.4, 0.5) is 5.69 Å². The molecule has 3 aromatic rings. The molecule has 2 aliphatic rings. The summed E-state index contributed by atoms with van der Waals surface area (Å²) in [5.74, 6) is 3.01. The number of carbonyl (C=O) groups excluding carboxylic acids is 1. The lowest BCUT2D eigenvalue weighted by Crippen LogP contribution is -2.32. The Bertz CT molecular complexity index is 1140. The van der Waals surface area contributed by atoms with Crippen molar-refractivity contribution in [2.24, 2.45) is 24.8 Å². The van der Waals surface area contributed by atoms with Gasteiger partial charge in [0, 0.05) is 37.2 Å². The van der Waals surface area contributed by atoms with E-state index in [-0.39, 0.29) is 5.91 Å². The number of hydrogen-bond donors (Lipinski definition) is 1. The normalized spacial score (nSPS) is 23.4. The van der Waals surface area contributed by atoms with E-state index in [1.54, 1.807) is 6.33 Å². The maximum atomic E-state index is 12.8. The van der Waals surface area contributed by atoms with Crippen LogP contribution in [0.5, 0.6) is 0 Å². The minimum atomic E-state index is 0.0543. The number of hydrogen-bond acceptors (Lipinski definition) is 5. The van der Waals surface area contributed by atoms with Crippen molar-refractivity contribution in [2.75, 3.05) is 25.0 Å². The van der Waals surface area contributed by atoms with Gasteiger partial charge in [-0.3, -0.25) is 9.69 Å².